The first-order valence-corrected chi connectivity index (χ1v) is 12.7. The lowest BCUT2D eigenvalue weighted by molar-refractivity contribution is -0.127. The predicted octanol–water partition coefficient (Wildman–Crippen LogP) is 5.89. The van der Waals surface area contributed by atoms with Crippen molar-refractivity contribution in [3.05, 3.63) is 79.1 Å². The van der Waals surface area contributed by atoms with E-state index >= 15 is 4.39 Å². The Bertz CT molecular complexity index is 1550. The molecule has 10 heteroatoms. The zero-order valence-corrected chi connectivity index (χ0v) is 22.1. The van der Waals surface area contributed by atoms with Gasteiger partial charge in [0.1, 0.15) is 35.5 Å². The number of likely N-dealkylation sites (tertiary alicyclic amines) is 1. The standard InChI is InChI=1S/C30H28F2N4O4/c1-4-27(37)36-13-11-20(12-14-36)40-26-15-22-23(16-25(26)39-3)33-17-34-30(22)35-29-24(38-2)10-9-21(28(29)32)18-5-7-19(31)8-6-18/h4-10,15-17,20H,1,11-14H2,2-3H3,(H,33,34,35). The maximum Gasteiger partial charge on any atom is 0.245 e. The van der Waals surface area contributed by atoms with Gasteiger partial charge in [-0.1, -0.05) is 18.7 Å². The number of nitrogens with one attached hydrogen (secondary N) is 1. The normalized spacial score (nSPS) is 13.7. The van der Waals surface area contributed by atoms with Crippen LogP contribution in [0.1, 0.15) is 12.8 Å². The summed E-state index contributed by atoms with van der Waals surface area (Å²) in [6, 6.07) is 12.3. The second kappa shape index (κ2) is 11.6. The quantitative estimate of drug-likeness (QED) is 0.276. The molecule has 3 aromatic carbocycles. The van der Waals surface area contributed by atoms with Gasteiger partial charge in [-0.15, -0.1) is 0 Å². The van der Waals surface area contributed by atoms with Crippen molar-refractivity contribution < 1.29 is 27.8 Å². The molecule has 206 valence electrons. The molecule has 40 heavy (non-hydrogen) atoms. The highest BCUT2D eigenvalue weighted by molar-refractivity contribution is 5.94. The summed E-state index contributed by atoms with van der Waals surface area (Å²) >= 11 is 0. The van der Waals surface area contributed by atoms with E-state index in [9.17, 15) is 9.18 Å². The van der Waals surface area contributed by atoms with Gasteiger partial charge in [-0.05, 0) is 42.0 Å². The molecule has 0 unspecified atom stereocenters. The Hall–Kier alpha value is -4.73. The number of aromatic nitrogens is 2. The number of halogens is 2. The Morgan fingerprint density at radius 2 is 1.73 bits per heavy atom. The summed E-state index contributed by atoms with van der Waals surface area (Å²) in [6.45, 7) is 4.67. The number of hydrogen-bond donors (Lipinski definition) is 1. The average Bonchev–Trinajstić information content (AvgIpc) is 2.98. The van der Waals surface area contributed by atoms with Crippen LogP contribution in [0, 0.1) is 11.6 Å². The molecule has 8 nitrogen and oxygen atoms in total. The first-order chi connectivity index (χ1) is 19.4. The monoisotopic (exact) mass is 546 g/mol. The molecular weight excluding hydrogens is 518 g/mol. The number of piperidine rings is 1. The molecule has 0 radical (unpaired) electrons. The minimum atomic E-state index is -0.580. The van der Waals surface area contributed by atoms with Crippen molar-refractivity contribution in [1.82, 2.24) is 14.9 Å². The summed E-state index contributed by atoms with van der Waals surface area (Å²) in [7, 11) is 2.99. The van der Waals surface area contributed by atoms with E-state index in [0.29, 0.717) is 59.7 Å². The molecule has 0 aliphatic carbocycles. The third kappa shape index (κ3) is 5.38. The molecule has 1 fully saturated rings. The molecule has 0 atom stereocenters. The average molecular weight is 547 g/mol. The molecule has 1 saturated heterocycles. The van der Waals surface area contributed by atoms with E-state index in [1.807, 2.05) is 0 Å². The number of carbonyl (C=O) groups is 1. The summed E-state index contributed by atoms with van der Waals surface area (Å²) in [6.07, 6.45) is 3.84. The number of hydrogen-bond acceptors (Lipinski definition) is 7. The summed E-state index contributed by atoms with van der Waals surface area (Å²) < 4.78 is 46.6. The van der Waals surface area contributed by atoms with Crippen molar-refractivity contribution in [2.75, 3.05) is 32.6 Å². The van der Waals surface area contributed by atoms with E-state index in [4.69, 9.17) is 14.2 Å². The van der Waals surface area contributed by atoms with Crippen LogP contribution in [-0.4, -0.2) is 54.2 Å². The van der Waals surface area contributed by atoms with Gasteiger partial charge in [0, 0.05) is 42.9 Å². The third-order valence-corrected chi connectivity index (χ3v) is 6.86. The summed E-state index contributed by atoms with van der Waals surface area (Å²) in [5.74, 6) is 0.480. The molecule has 1 N–H and O–H groups in total. The van der Waals surface area contributed by atoms with Crippen LogP contribution in [0.5, 0.6) is 17.2 Å². The SMILES string of the molecule is C=CC(=O)N1CCC(Oc2cc3c(Nc4c(OC)ccc(-c5ccc(F)cc5)c4F)ncnc3cc2OC)CC1. The minimum Gasteiger partial charge on any atom is -0.494 e. The van der Waals surface area contributed by atoms with Crippen LogP contribution < -0.4 is 19.5 Å². The highest BCUT2D eigenvalue weighted by atomic mass is 19.1. The summed E-state index contributed by atoms with van der Waals surface area (Å²) in [5, 5.41) is 3.65. The van der Waals surface area contributed by atoms with Crippen LogP contribution in [0.2, 0.25) is 0 Å². The molecule has 1 amide bonds. The van der Waals surface area contributed by atoms with Crippen LogP contribution in [0.25, 0.3) is 22.0 Å². The molecule has 0 spiro atoms. The van der Waals surface area contributed by atoms with E-state index in [1.165, 1.54) is 43.8 Å². The maximum atomic E-state index is 15.9. The van der Waals surface area contributed by atoms with Gasteiger partial charge in [0.2, 0.25) is 5.91 Å². The lowest BCUT2D eigenvalue weighted by Crippen LogP contribution is -2.41. The molecule has 1 aromatic heterocycles. The molecule has 0 bridgehead atoms. The first kappa shape index (κ1) is 26.9. The highest BCUT2D eigenvalue weighted by Crippen LogP contribution is 2.40. The number of ether oxygens (including phenoxy) is 3. The molecule has 4 aromatic rings. The van der Waals surface area contributed by atoms with Crippen LogP contribution in [0.15, 0.2) is 67.5 Å². The van der Waals surface area contributed by atoms with Crippen molar-refractivity contribution in [2.24, 2.45) is 0 Å². The van der Waals surface area contributed by atoms with Crippen LogP contribution in [0.3, 0.4) is 0 Å². The first-order valence-electron chi connectivity index (χ1n) is 12.7. The van der Waals surface area contributed by atoms with Gasteiger partial charge < -0.3 is 24.4 Å². The van der Waals surface area contributed by atoms with Crippen molar-refractivity contribution >= 4 is 28.3 Å². The van der Waals surface area contributed by atoms with Crippen LogP contribution in [-0.2, 0) is 4.79 Å². The topological polar surface area (TPSA) is 85.8 Å². The number of benzene rings is 3. The number of fused-ring (bicyclic) bond motifs is 1. The fourth-order valence-corrected chi connectivity index (χ4v) is 4.73. The van der Waals surface area contributed by atoms with Crippen LogP contribution in [0.4, 0.5) is 20.3 Å². The number of anilines is 2. The van der Waals surface area contributed by atoms with Crippen molar-refractivity contribution in [1.29, 1.82) is 0 Å². The molecule has 5 rings (SSSR count). The van der Waals surface area contributed by atoms with E-state index in [-0.39, 0.29) is 29.0 Å². The molecule has 1 aliphatic heterocycles. The van der Waals surface area contributed by atoms with Gasteiger partial charge in [0.05, 0.1) is 19.7 Å². The summed E-state index contributed by atoms with van der Waals surface area (Å²) in [5.41, 5.74) is 1.41. The highest BCUT2D eigenvalue weighted by Gasteiger charge is 2.24. The Morgan fingerprint density at radius 1 is 1.00 bits per heavy atom. The van der Waals surface area contributed by atoms with Gasteiger partial charge >= 0.3 is 0 Å². The van der Waals surface area contributed by atoms with E-state index < -0.39 is 11.6 Å². The number of carbonyl (C=O) groups excluding carboxylic acids is 1. The zero-order chi connectivity index (χ0) is 28.2. The second-order valence-electron chi connectivity index (χ2n) is 9.23. The number of nitrogens with zero attached hydrogens (tertiary/aromatic N) is 3. The van der Waals surface area contributed by atoms with Gasteiger partial charge in [0.25, 0.3) is 0 Å². The third-order valence-electron chi connectivity index (χ3n) is 6.86. The largest absolute Gasteiger partial charge is 0.494 e. The smallest absolute Gasteiger partial charge is 0.245 e. The predicted molar refractivity (Wildman–Crippen MR) is 148 cm³/mol. The Labute approximate surface area is 230 Å². The van der Waals surface area contributed by atoms with Crippen molar-refractivity contribution in [3.63, 3.8) is 0 Å². The molecule has 0 saturated carbocycles. The molecule has 2 heterocycles. The lowest BCUT2D eigenvalue weighted by atomic mass is 10.0. The zero-order valence-electron chi connectivity index (χ0n) is 22.1. The van der Waals surface area contributed by atoms with Gasteiger partial charge in [0.15, 0.2) is 17.3 Å². The minimum absolute atomic E-state index is 0.0712. The number of rotatable bonds is 8. The molecular formula is C30H28F2N4O4. The number of methoxy groups -OCH3 is 2. The Morgan fingerprint density at radius 3 is 2.40 bits per heavy atom. The lowest BCUT2D eigenvalue weighted by Gasteiger charge is -2.31. The Balaban J connectivity index is 1.48. The van der Waals surface area contributed by atoms with Gasteiger partial charge in [-0.3, -0.25) is 4.79 Å². The van der Waals surface area contributed by atoms with E-state index in [1.54, 1.807) is 36.3 Å². The molecule has 1 aliphatic rings. The maximum absolute atomic E-state index is 15.9. The fourth-order valence-electron chi connectivity index (χ4n) is 4.73. The fraction of sp³-hybridized carbons (Fsp3) is 0.233. The van der Waals surface area contributed by atoms with E-state index in [2.05, 4.69) is 21.9 Å². The van der Waals surface area contributed by atoms with Crippen molar-refractivity contribution in [2.45, 2.75) is 18.9 Å². The summed E-state index contributed by atoms with van der Waals surface area (Å²) in [4.78, 5) is 22.4. The second-order valence-corrected chi connectivity index (χ2v) is 9.23. The van der Waals surface area contributed by atoms with Crippen LogP contribution >= 0.6 is 0 Å². The van der Waals surface area contributed by atoms with Gasteiger partial charge in [-0.25, -0.2) is 18.7 Å². The van der Waals surface area contributed by atoms with Crippen molar-refractivity contribution in [3.8, 4) is 28.4 Å². The Kier molecular flexibility index (Phi) is 7.77. The van der Waals surface area contributed by atoms with Gasteiger partial charge in [-0.2, -0.15) is 0 Å². The van der Waals surface area contributed by atoms with E-state index in [0.717, 1.165) is 0 Å². The number of amides is 1.